The zero-order chi connectivity index (χ0) is 13.4. The topological polar surface area (TPSA) is 30.2 Å². The summed E-state index contributed by atoms with van der Waals surface area (Å²) < 4.78 is 3.20. The van der Waals surface area contributed by atoms with Gasteiger partial charge in [0.15, 0.2) is 0 Å². The zero-order valence-corrected chi connectivity index (χ0v) is 13.0. The summed E-state index contributed by atoms with van der Waals surface area (Å²) in [6, 6.07) is 8.44. The normalized spacial score (nSPS) is 11.4. The Hall–Kier alpha value is -1.43. The maximum absolute atomic E-state index is 4.41. The Balaban J connectivity index is 2.10. The Morgan fingerprint density at radius 2 is 1.89 bits per heavy atom. The summed E-state index contributed by atoms with van der Waals surface area (Å²) in [4.78, 5) is 8.81. The van der Waals surface area contributed by atoms with E-state index in [0.717, 1.165) is 15.0 Å². The molecule has 0 atom stereocenters. The lowest BCUT2D eigenvalue weighted by Crippen LogP contribution is -1.93. The van der Waals surface area contributed by atoms with Gasteiger partial charge in [0.25, 0.3) is 0 Å². The van der Waals surface area contributed by atoms with Gasteiger partial charge in [-0.15, -0.1) is 0 Å². The van der Waals surface area contributed by atoms with Crippen LogP contribution in [-0.2, 0) is 0 Å². The summed E-state index contributed by atoms with van der Waals surface area (Å²) >= 11 is 2.28. The highest BCUT2D eigenvalue weighted by Gasteiger charge is 2.06. The van der Waals surface area contributed by atoms with Crippen molar-refractivity contribution in [2.24, 2.45) is 0 Å². The third-order valence-corrected chi connectivity index (χ3v) is 3.97. The van der Waals surface area contributed by atoms with Crippen LogP contribution in [0.15, 0.2) is 42.9 Å². The van der Waals surface area contributed by atoms with Gasteiger partial charge >= 0.3 is 0 Å². The summed E-state index contributed by atoms with van der Waals surface area (Å²) in [6.07, 6.45) is 5.82. The molecule has 3 nitrogen and oxygen atoms in total. The average Bonchev–Trinajstić information content (AvgIpc) is 2.80. The second kappa shape index (κ2) is 4.92. The fourth-order valence-electron chi connectivity index (χ4n) is 2.07. The molecule has 4 heteroatoms. The summed E-state index contributed by atoms with van der Waals surface area (Å²) in [7, 11) is 0. The lowest BCUT2D eigenvalue weighted by Gasteiger charge is -2.07. The SMILES string of the molecule is CC(C)c1cc(-c2ccn3c(I)cnc3c2)ccn1. The molecule has 0 aliphatic rings. The van der Waals surface area contributed by atoms with Crippen LogP contribution in [0.2, 0.25) is 0 Å². The Bertz CT molecular complexity index is 731. The standard InChI is InChI=1S/C15H14IN3/c1-10(2)13-7-11(3-5-17-13)12-4-6-19-14(16)9-18-15(19)8-12/h3-10H,1-2H3. The number of aromatic nitrogens is 3. The molecule has 3 rings (SSSR count). The second-order valence-corrected chi connectivity index (χ2v) is 5.95. The van der Waals surface area contributed by atoms with Crippen molar-refractivity contribution in [2.45, 2.75) is 19.8 Å². The number of halogens is 1. The van der Waals surface area contributed by atoms with Gasteiger partial charge in [-0.1, -0.05) is 13.8 Å². The van der Waals surface area contributed by atoms with Crippen LogP contribution in [0.5, 0.6) is 0 Å². The molecule has 0 aliphatic heterocycles. The molecule has 0 aliphatic carbocycles. The van der Waals surface area contributed by atoms with E-state index >= 15 is 0 Å². The number of nitrogens with zero attached hydrogens (tertiary/aromatic N) is 3. The molecule has 3 aromatic heterocycles. The minimum atomic E-state index is 0.441. The maximum Gasteiger partial charge on any atom is 0.138 e. The van der Waals surface area contributed by atoms with Crippen molar-refractivity contribution in [3.05, 3.63) is 52.3 Å². The third-order valence-electron chi connectivity index (χ3n) is 3.17. The van der Waals surface area contributed by atoms with Gasteiger partial charge < -0.3 is 0 Å². The van der Waals surface area contributed by atoms with Crippen molar-refractivity contribution in [3.63, 3.8) is 0 Å². The molecule has 0 bridgehead atoms. The van der Waals surface area contributed by atoms with Crippen LogP contribution in [0.4, 0.5) is 0 Å². The molecular formula is C15H14IN3. The van der Waals surface area contributed by atoms with Crippen LogP contribution in [0, 0.1) is 3.70 Å². The molecular weight excluding hydrogens is 349 g/mol. The Kier molecular flexibility index (Phi) is 3.26. The fourth-order valence-corrected chi connectivity index (χ4v) is 2.62. The first-order valence-electron chi connectivity index (χ1n) is 6.24. The minimum absolute atomic E-state index is 0.441. The highest BCUT2D eigenvalue weighted by Crippen LogP contribution is 2.24. The van der Waals surface area contributed by atoms with Crippen molar-refractivity contribution >= 4 is 28.2 Å². The van der Waals surface area contributed by atoms with Gasteiger partial charge in [-0.05, 0) is 63.9 Å². The molecule has 0 fully saturated rings. The summed E-state index contributed by atoms with van der Waals surface area (Å²) in [5.74, 6) is 0.441. The van der Waals surface area contributed by atoms with Crippen LogP contribution < -0.4 is 0 Å². The fraction of sp³-hybridized carbons (Fsp3) is 0.200. The molecule has 0 saturated carbocycles. The van der Waals surface area contributed by atoms with Crippen LogP contribution in [0.3, 0.4) is 0 Å². The van der Waals surface area contributed by atoms with E-state index in [1.54, 1.807) is 0 Å². The first-order valence-corrected chi connectivity index (χ1v) is 7.32. The molecule has 0 radical (unpaired) electrons. The quantitative estimate of drug-likeness (QED) is 0.641. The molecule has 3 aromatic rings. The number of pyridine rings is 2. The number of imidazole rings is 1. The Morgan fingerprint density at radius 1 is 1.11 bits per heavy atom. The molecule has 0 N–H and O–H groups in total. The number of rotatable bonds is 2. The first kappa shape index (κ1) is 12.6. The van der Waals surface area contributed by atoms with Crippen molar-refractivity contribution in [2.75, 3.05) is 0 Å². The Labute approximate surface area is 125 Å². The van der Waals surface area contributed by atoms with E-state index in [4.69, 9.17) is 0 Å². The van der Waals surface area contributed by atoms with Gasteiger partial charge in [-0.3, -0.25) is 9.38 Å². The van der Waals surface area contributed by atoms with Crippen LogP contribution in [-0.4, -0.2) is 14.4 Å². The van der Waals surface area contributed by atoms with Gasteiger partial charge in [-0.25, -0.2) is 4.98 Å². The average molecular weight is 363 g/mol. The van der Waals surface area contributed by atoms with Crippen molar-refractivity contribution in [3.8, 4) is 11.1 Å². The largest absolute Gasteiger partial charge is 0.295 e. The molecule has 19 heavy (non-hydrogen) atoms. The molecule has 0 unspecified atom stereocenters. The Morgan fingerprint density at radius 3 is 2.68 bits per heavy atom. The number of hydrogen-bond acceptors (Lipinski definition) is 2. The molecule has 96 valence electrons. The third kappa shape index (κ3) is 2.36. The molecule has 3 heterocycles. The van der Waals surface area contributed by atoms with Gasteiger partial charge in [0.2, 0.25) is 0 Å². The molecule has 0 spiro atoms. The highest BCUT2D eigenvalue weighted by molar-refractivity contribution is 14.1. The lowest BCUT2D eigenvalue weighted by molar-refractivity contribution is 0.823. The van der Waals surface area contributed by atoms with Crippen LogP contribution >= 0.6 is 22.6 Å². The lowest BCUT2D eigenvalue weighted by atomic mass is 10.0. The van der Waals surface area contributed by atoms with Crippen molar-refractivity contribution in [1.82, 2.24) is 14.4 Å². The van der Waals surface area contributed by atoms with E-state index in [-0.39, 0.29) is 0 Å². The van der Waals surface area contributed by atoms with Crippen molar-refractivity contribution in [1.29, 1.82) is 0 Å². The molecule has 0 saturated heterocycles. The first-order chi connectivity index (χ1) is 9.15. The minimum Gasteiger partial charge on any atom is -0.295 e. The zero-order valence-electron chi connectivity index (χ0n) is 10.8. The smallest absolute Gasteiger partial charge is 0.138 e. The second-order valence-electron chi connectivity index (χ2n) is 4.85. The molecule has 0 amide bonds. The van der Waals surface area contributed by atoms with Gasteiger partial charge in [0, 0.05) is 18.1 Å². The van der Waals surface area contributed by atoms with Crippen LogP contribution in [0.1, 0.15) is 25.5 Å². The van der Waals surface area contributed by atoms with E-state index in [1.165, 1.54) is 11.1 Å². The predicted octanol–water partition coefficient (Wildman–Crippen LogP) is 4.12. The summed E-state index contributed by atoms with van der Waals surface area (Å²) in [6.45, 7) is 4.32. The maximum atomic E-state index is 4.41. The summed E-state index contributed by atoms with van der Waals surface area (Å²) in [5, 5.41) is 0. The van der Waals surface area contributed by atoms with Gasteiger partial charge in [0.1, 0.15) is 9.35 Å². The van der Waals surface area contributed by atoms with E-state index in [0.29, 0.717) is 5.92 Å². The van der Waals surface area contributed by atoms with Gasteiger partial charge in [-0.2, -0.15) is 0 Å². The van der Waals surface area contributed by atoms with Gasteiger partial charge in [0.05, 0.1) is 6.20 Å². The summed E-state index contributed by atoms with van der Waals surface area (Å²) in [5.41, 5.74) is 4.47. The van der Waals surface area contributed by atoms with E-state index in [1.807, 2.05) is 18.5 Å². The van der Waals surface area contributed by atoms with E-state index < -0.39 is 0 Å². The van der Waals surface area contributed by atoms with Crippen molar-refractivity contribution < 1.29 is 0 Å². The highest BCUT2D eigenvalue weighted by atomic mass is 127. The number of fused-ring (bicyclic) bond motifs is 1. The van der Waals surface area contributed by atoms with E-state index in [9.17, 15) is 0 Å². The predicted molar refractivity (Wildman–Crippen MR) is 85.2 cm³/mol. The molecule has 0 aromatic carbocycles. The monoisotopic (exact) mass is 363 g/mol. The van der Waals surface area contributed by atoms with Crippen LogP contribution in [0.25, 0.3) is 16.8 Å². The number of hydrogen-bond donors (Lipinski definition) is 0. The van der Waals surface area contributed by atoms with E-state index in [2.05, 4.69) is 75.2 Å².